The molecule has 1 saturated carbocycles. The van der Waals surface area contributed by atoms with Gasteiger partial charge in [-0.3, -0.25) is 4.79 Å². The van der Waals surface area contributed by atoms with E-state index in [0.717, 1.165) is 30.5 Å². The summed E-state index contributed by atoms with van der Waals surface area (Å²) in [5.74, 6) is -0.136. The van der Waals surface area contributed by atoms with Crippen molar-refractivity contribution in [1.82, 2.24) is 0 Å². The fourth-order valence-corrected chi connectivity index (χ4v) is 4.98. The summed E-state index contributed by atoms with van der Waals surface area (Å²) in [6.07, 6.45) is 4.46. The molecule has 5 heteroatoms. The zero-order valence-electron chi connectivity index (χ0n) is 13.0. The molecule has 120 valence electrons. The Labute approximate surface area is 132 Å². The number of benzene rings is 1. The lowest BCUT2D eigenvalue weighted by atomic mass is 9.89. The SMILES string of the molecule is Cc1ccc(N(C(=O)C2CCCS(=O)(=O)C2)C2CCC2)cc1. The quantitative estimate of drug-likeness (QED) is 0.860. The molecule has 1 unspecified atom stereocenters. The summed E-state index contributed by atoms with van der Waals surface area (Å²) in [4.78, 5) is 14.8. The fourth-order valence-electron chi connectivity index (χ4n) is 3.28. The van der Waals surface area contributed by atoms with Gasteiger partial charge in [0.05, 0.1) is 17.4 Å². The molecule has 2 aliphatic rings. The molecule has 2 fully saturated rings. The van der Waals surface area contributed by atoms with Crippen molar-refractivity contribution in [3.63, 3.8) is 0 Å². The largest absolute Gasteiger partial charge is 0.309 e. The van der Waals surface area contributed by atoms with Gasteiger partial charge in [0.1, 0.15) is 0 Å². The van der Waals surface area contributed by atoms with Crippen molar-refractivity contribution in [2.45, 2.75) is 45.1 Å². The number of sulfone groups is 1. The van der Waals surface area contributed by atoms with Crippen LogP contribution in [0.1, 0.15) is 37.7 Å². The second-order valence-corrected chi connectivity index (χ2v) is 8.81. The molecule has 1 saturated heterocycles. The average Bonchev–Trinajstić information content (AvgIpc) is 2.42. The monoisotopic (exact) mass is 321 g/mol. The minimum absolute atomic E-state index is 0.00294. The maximum Gasteiger partial charge on any atom is 0.231 e. The second-order valence-electron chi connectivity index (χ2n) is 6.58. The lowest BCUT2D eigenvalue weighted by Gasteiger charge is -2.40. The highest BCUT2D eigenvalue weighted by molar-refractivity contribution is 7.91. The van der Waals surface area contributed by atoms with E-state index in [1.165, 1.54) is 0 Å². The molecule has 1 aliphatic carbocycles. The number of amides is 1. The third-order valence-corrected chi connectivity index (χ3v) is 6.62. The van der Waals surface area contributed by atoms with E-state index in [-0.39, 0.29) is 29.4 Å². The predicted molar refractivity (Wildman–Crippen MR) is 87.7 cm³/mol. The van der Waals surface area contributed by atoms with Crippen molar-refractivity contribution >= 4 is 21.4 Å². The van der Waals surface area contributed by atoms with Crippen LogP contribution in [0, 0.1) is 12.8 Å². The summed E-state index contributed by atoms with van der Waals surface area (Å²) in [5.41, 5.74) is 2.06. The average molecular weight is 321 g/mol. The predicted octanol–water partition coefficient (Wildman–Crippen LogP) is 2.71. The van der Waals surface area contributed by atoms with Crippen LogP contribution in [0.4, 0.5) is 5.69 Å². The molecular weight excluding hydrogens is 298 g/mol. The van der Waals surface area contributed by atoms with Gasteiger partial charge in [-0.2, -0.15) is 0 Å². The van der Waals surface area contributed by atoms with E-state index < -0.39 is 9.84 Å². The number of carbonyl (C=O) groups is 1. The van der Waals surface area contributed by atoms with E-state index in [2.05, 4.69) is 0 Å². The topological polar surface area (TPSA) is 54.5 Å². The van der Waals surface area contributed by atoms with Gasteiger partial charge in [-0.15, -0.1) is 0 Å². The molecule has 22 heavy (non-hydrogen) atoms. The summed E-state index contributed by atoms with van der Waals surface area (Å²) in [7, 11) is -3.06. The van der Waals surface area contributed by atoms with Crippen molar-refractivity contribution in [1.29, 1.82) is 0 Å². The molecule has 0 spiro atoms. The van der Waals surface area contributed by atoms with Crippen molar-refractivity contribution in [2.75, 3.05) is 16.4 Å². The van der Waals surface area contributed by atoms with Crippen LogP contribution >= 0.6 is 0 Å². The Bertz CT molecular complexity index is 647. The molecule has 1 aromatic rings. The van der Waals surface area contributed by atoms with Gasteiger partial charge in [0.15, 0.2) is 9.84 Å². The van der Waals surface area contributed by atoms with Gasteiger partial charge in [0, 0.05) is 11.7 Å². The van der Waals surface area contributed by atoms with Crippen LogP contribution in [0.2, 0.25) is 0 Å². The molecule has 1 aliphatic heterocycles. The summed E-state index contributed by atoms with van der Waals surface area (Å²) in [6.45, 7) is 2.02. The first kappa shape index (κ1) is 15.5. The van der Waals surface area contributed by atoms with E-state index in [1.807, 2.05) is 36.1 Å². The number of hydrogen-bond donors (Lipinski definition) is 0. The Morgan fingerprint density at radius 2 is 1.77 bits per heavy atom. The maximum absolute atomic E-state index is 13.0. The number of rotatable bonds is 3. The Morgan fingerprint density at radius 1 is 1.09 bits per heavy atom. The molecule has 0 bridgehead atoms. The summed E-state index contributed by atoms with van der Waals surface area (Å²) >= 11 is 0. The van der Waals surface area contributed by atoms with Gasteiger partial charge in [-0.1, -0.05) is 17.7 Å². The zero-order chi connectivity index (χ0) is 15.7. The van der Waals surface area contributed by atoms with Gasteiger partial charge in [0.25, 0.3) is 0 Å². The van der Waals surface area contributed by atoms with Gasteiger partial charge in [-0.25, -0.2) is 8.42 Å². The van der Waals surface area contributed by atoms with E-state index in [9.17, 15) is 13.2 Å². The van der Waals surface area contributed by atoms with Crippen LogP contribution in [0.5, 0.6) is 0 Å². The maximum atomic E-state index is 13.0. The lowest BCUT2D eigenvalue weighted by molar-refractivity contribution is -0.122. The highest BCUT2D eigenvalue weighted by Gasteiger charge is 2.37. The summed E-state index contributed by atoms with van der Waals surface area (Å²) in [6, 6.07) is 8.20. The number of carbonyl (C=O) groups excluding carboxylic acids is 1. The number of aryl methyl sites for hydroxylation is 1. The van der Waals surface area contributed by atoms with Gasteiger partial charge >= 0.3 is 0 Å². The van der Waals surface area contributed by atoms with Gasteiger partial charge in [-0.05, 0) is 51.2 Å². The molecule has 1 atom stereocenters. The highest BCUT2D eigenvalue weighted by atomic mass is 32.2. The van der Waals surface area contributed by atoms with Crippen LogP contribution in [-0.4, -0.2) is 31.9 Å². The van der Waals surface area contributed by atoms with Gasteiger partial charge in [0.2, 0.25) is 5.91 Å². The second kappa shape index (κ2) is 6.03. The van der Waals surface area contributed by atoms with E-state index in [4.69, 9.17) is 0 Å². The first-order valence-corrected chi connectivity index (χ1v) is 9.88. The minimum atomic E-state index is -3.06. The van der Waals surface area contributed by atoms with Crippen molar-refractivity contribution < 1.29 is 13.2 Å². The molecule has 1 aromatic carbocycles. The Morgan fingerprint density at radius 3 is 2.32 bits per heavy atom. The molecule has 0 radical (unpaired) electrons. The fraction of sp³-hybridized carbons (Fsp3) is 0.588. The van der Waals surface area contributed by atoms with Crippen LogP contribution < -0.4 is 4.90 Å². The third kappa shape index (κ3) is 3.19. The third-order valence-electron chi connectivity index (χ3n) is 4.80. The molecule has 0 N–H and O–H groups in total. The lowest BCUT2D eigenvalue weighted by Crippen LogP contribution is -2.49. The molecule has 1 amide bonds. The van der Waals surface area contributed by atoms with E-state index >= 15 is 0 Å². The summed E-state index contributed by atoms with van der Waals surface area (Å²) in [5, 5.41) is 0. The van der Waals surface area contributed by atoms with Crippen LogP contribution in [0.25, 0.3) is 0 Å². The first-order valence-electron chi connectivity index (χ1n) is 8.06. The Hall–Kier alpha value is -1.36. The van der Waals surface area contributed by atoms with Crippen molar-refractivity contribution in [2.24, 2.45) is 5.92 Å². The van der Waals surface area contributed by atoms with Gasteiger partial charge < -0.3 is 4.90 Å². The zero-order valence-corrected chi connectivity index (χ0v) is 13.8. The van der Waals surface area contributed by atoms with E-state index in [1.54, 1.807) is 0 Å². The Balaban J connectivity index is 1.85. The number of anilines is 1. The molecular formula is C17H23NO3S. The van der Waals surface area contributed by atoms with Crippen LogP contribution in [0.3, 0.4) is 0 Å². The van der Waals surface area contributed by atoms with Crippen molar-refractivity contribution in [3.8, 4) is 0 Å². The standard InChI is InChI=1S/C17H23NO3S/c1-13-7-9-16(10-8-13)18(15-5-2-6-15)17(19)14-4-3-11-22(20,21)12-14/h7-10,14-15H,2-6,11-12H2,1H3. The highest BCUT2D eigenvalue weighted by Crippen LogP contribution is 2.33. The molecule has 3 rings (SSSR count). The van der Waals surface area contributed by atoms with E-state index in [0.29, 0.717) is 12.8 Å². The summed E-state index contributed by atoms with van der Waals surface area (Å²) < 4.78 is 23.7. The number of hydrogen-bond acceptors (Lipinski definition) is 3. The Kier molecular flexibility index (Phi) is 4.26. The first-order chi connectivity index (χ1) is 10.5. The molecule has 1 heterocycles. The van der Waals surface area contributed by atoms with Crippen LogP contribution in [0.15, 0.2) is 24.3 Å². The normalized spacial score (nSPS) is 24.5. The smallest absolute Gasteiger partial charge is 0.231 e. The van der Waals surface area contributed by atoms with Crippen LogP contribution in [-0.2, 0) is 14.6 Å². The minimum Gasteiger partial charge on any atom is -0.309 e. The molecule has 0 aromatic heterocycles. The molecule has 4 nitrogen and oxygen atoms in total. The van der Waals surface area contributed by atoms with Crippen molar-refractivity contribution in [3.05, 3.63) is 29.8 Å². The number of nitrogens with zero attached hydrogens (tertiary/aromatic N) is 1.